The molecule has 0 amide bonds. The summed E-state index contributed by atoms with van der Waals surface area (Å²) in [6, 6.07) is 0. The zero-order valence-electron chi connectivity index (χ0n) is 34.8. The average molecular weight is 716 g/mol. The molecule has 0 saturated heterocycles. The maximum atomic E-state index is 7.26. The van der Waals surface area contributed by atoms with E-state index in [0.717, 1.165) is 13.1 Å². The minimum Gasteiger partial charge on any atom is -0.413 e. The van der Waals surface area contributed by atoms with Gasteiger partial charge >= 0.3 is 0 Å². The standard InChI is InChI=1S/C41H89NO2SSi2/c1-14-17-20-22-24-26-28-30-33-38(43-46(10,11)40(4,5)6)36-42(45-35-32-19-16-3)37-39(44-47(12,13)41(7,8)9)34-31-29-27-25-23-21-18-15-2/h38-39H,14-37H2,1-13H3. The van der Waals surface area contributed by atoms with Gasteiger partial charge in [-0.05, 0) is 55.5 Å². The van der Waals surface area contributed by atoms with Crippen molar-refractivity contribution in [1.82, 2.24) is 4.31 Å². The Kier molecular flexibility index (Phi) is 26.8. The smallest absolute Gasteiger partial charge is 0.192 e. The lowest BCUT2D eigenvalue weighted by Crippen LogP contribution is -2.49. The van der Waals surface area contributed by atoms with E-state index in [2.05, 4.69) is 105 Å². The average Bonchev–Trinajstić information content (AvgIpc) is 2.96. The van der Waals surface area contributed by atoms with Crippen LogP contribution in [0.15, 0.2) is 0 Å². The largest absolute Gasteiger partial charge is 0.413 e. The minimum atomic E-state index is -1.88. The Morgan fingerprint density at radius 2 is 0.766 bits per heavy atom. The lowest BCUT2D eigenvalue weighted by atomic mass is 10.0. The third-order valence-electron chi connectivity index (χ3n) is 11.1. The number of unbranched alkanes of at least 4 members (excludes halogenated alkanes) is 16. The fourth-order valence-corrected chi connectivity index (χ4v) is 9.65. The van der Waals surface area contributed by atoms with Gasteiger partial charge < -0.3 is 8.85 Å². The summed E-state index contributed by atoms with van der Waals surface area (Å²) in [4.78, 5) is 0. The van der Waals surface area contributed by atoms with Crippen LogP contribution in [0.5, 0.6) is 0 Å². The van der Waals surface area contributed by atoms with Gasteiger partial charge in [0.05, 0.1) is 12.2 Å². The van der Waals surface area contributed by atoms with E-state index in [1.165, 1.54) is 141 Å². The third-order valence-corrected chi connectivity index (χ3v) is 21.3. The van der Waals surface area contributed by atoms with Gasteiger partial charge in [-0.25, -0.2) is 4.31 Å². The van der Waals surface area contributed by atoms with Crippen molar-refractivity contribution in [3.8, 4) is 0 Å². The van der Waals surface area contributed by atoms with Gasteiger partial charge in [0.1, 0.15) is 0 Å². The van der Waals surface area contributed by atoms with Crippen LogP contribution in [-0.4, -0.2) is 52.0 Å². The lowest BCUT2D eigenvalue weighted by Gasteiger charge is -2.42. The van der Waals surface area contributed by atoms with Crippen molar-refractivity contribution < 1.29 is 8.85 Å². The molecule has 0 heterocycles. The molecule has 0 N–H and O–H groups in total. The van der Waals surface area contributed by atoms with Crippen LogP contribution in [0.4, 0.5) is 0 Å². The quantitative estimate of drug-likeness (QED) is 0.0405. The van der Waals surface area contributed by atoms with E-state index in [9.17, 15) is 0 Å². The molecule has 0 aliphatic heterocycles. The molecule has 2 atom stereocenters. The number of rotatable bonds is 31. The first-order valence-electron chi connectivity index (χ1n) is 20.7. The predicted octanol–water partition coefficient (Wildman–Crippen LogP) is 15.0. The second kappa shape index (κ2) is 26.4. The summed E-state index contributed by atoms with van der Waals surface area (Å²) in [7, 11) is -3.75. The summed E-state index contributed by atoms with van der Waals surface area (Å²) in [5, 5.41) is 0.461. The van der Waals surface area contributed by atoms with Gasteiger partial charge in [-0.15, -0.1) is 0 Å². The van der Waals surface area contributed by atoms with E-state index in [4.69, 9.17) is 8.85 Å². The summed E-state index contributed by atoms with van der Waals surface area (Å²) >= 11 is 2.10. The number of hydrogen-bond donors (Lipinski definition) is 0. The first kappa shape index (κ1) is 47.7. The van der Waals surface area contributed by atoms with E-state index in [1.807, 2.05) is 0 Å². The molecule has 0 fully saturated rings. The molecule has 0 spiro atoms. The highest BCUT2D eigenvalue weighted by atomic mass is 32.2. The first-order valence-corrected chi connectivity index (χ1v) is 27.5. The van der Waals surface area contributed by atoms with Crippen molar-refractivity contribution in [1.29, 1.82) is 0 Å². The molecule has 0 radical (unpaired) electrons. The number of nitrogens with zero attached hydrogens (tertiary/aromatic N) is 1. The van der Waals surface area contributed by atoms with E-state index >= 15 is 0 Å². The van der Waals surface area contributed by atoms with E-state index in [0.29, 0.717) is 12.2 Å². The minimum absolute atomic E-state index is 0.230. The monoisotopic (exact) mass is 716 g/mol. The number of hydrogen-bond acceptors (Lipinski definition) is 4. The Balaban J connectivity index is 5.77. The van der Waals surface area contributed by atoms with Gasteiger partial charge in [-0.3, -0.25) is 0 Å². The summed E-state index contributed by atoms with van der Waals surface area (Å²) in [5.74, 6) is 1.21. The van der Waals surface area contributed by atoms with Crippen LogP contribution in [-0.2, 0) is 8.85 Å². The molecule has 0 bridgehead atoms. The lowest BCUT2D eigenvalue weighted by molar-refractivity contribution is 0.109. The molecule has 3 nitrogen and oxygen atoms in total. The molecular weight excluding hydrogens is 627 g/mol. The van der Waals surface area contributed by atoms with Gasteiger partial charge in [0.2, 0.25) is 0 Å². The topological polar surface area (TPSA) is 21.7 Å². The predicted molar refractivity (Wildman–Crippen MR) is 222 cm³/mol. The summed E-state index contributed by atoms with van der Waals surface area (Å²) in [5.41, 5.74) is 0. The molecule has 6 heteroatoms. The Morgan fingerprint density at radius 3 is 1.09 bits per heavy atom. The molecule has 0 aromatic heterocycles. The van der Waals surface area contributed by atoms with Crippen LogP contribution in [0, 0.1) is 0 Å². The fourth-order valence-electron chi connectivity index (χ4n) is 5.75. The van der Waals surface area contributed by atoms with Crippen molar-refractivity contribution in [2.45, 2.75) is 246 Å². The molecule has 284 valence electrons. The molecule has 0 aromatic carbocycles. The van der Waals surface area contributed by atoms with Crippen molar-refractivity contribution in [3.63, 3.8) is 0 Å². The van der Waals surface area contributed by atoms with Crippen LogP contribution in [0.3, 0.4) is 0 Å². The molecule has 0 saturated carbocycles. The Hall–Kier alpha value is 0.664. The van der Waals surface area contributed by atoms with Crippen LogP contribution >= 0.6 is 11.9 Å². The van der Waals surface area contributed by atoms with Crippen molar-refractivity contribution in [2.24, 2.45) is 0 Å². The van der Waals surface area contributed by atoms with Gasteiger partial charge in [0.25, 0.3) is 0 Å². The second-order valence-electron chi connectivity index (χ2n) is 17.9. The highest BCUT2D eigenvalue weighted by Gasteiger charge is 2.41. The maximum Gasteiger partial charge on any atom is 0.192 e. The fraction of sp³-hybridized carbons (Fsp3) is 1.00. The first-order chi connectivity index (χ1) is 22.0. The molecule has 0 rings (SSSR count). The zero-order chi connectivity index (χ0) is 35.8. The maximum absolute atomic E-state index is 7.26. The van der Waals surface area contributed by atoms with Crippen molar-refractivity contribution in [3.05, 3.63) is 0 Å². The van der Waals surface area contributed by atoms with Gasteiger partial charge in [-0.1, -0.05) is 190 Å². The van der Waals surface area contributed by atoms with Gasteiger partial charge in [-0.2, -0.15) is 0 Å². The molecule has 0 aromatic rings. The van der Waals surface area contributed by atoms with E-state index in [-0.39, 0.29) is 10.1 Å². The Bertz CT molecular complexity index is 665. The SMILES string of the molecule is CCCCCCCCCCC(CN(CC(CCCCCCCCCC)O[Si](C)(C)C(C)(C)C)SCCCCC)O[Si](C)(C)C(C)(C)C. The van der Waals surface area contributed by atoms with Gasteiger partial charge in [0, 0.05) is 18.8 Å². The third kappa shape index (κ3) is 23.7. The molecule has 47 heavy (non-hydrogen) atoms. The summed E-state index contributed by atoms with van der Waals surface area (Å²) in [6.45, 7) is 33.2. The molecule has 2 unspecified atom stereocenters. The zero-order valence-corrected chi connectivity index (χ0v) is 37.6. The highest BCUT2D eigenvalue weighted by molar-refractivity contribution is 7.97. The summed E-state index contributed by atoms with van der Waals surface area (Å²) in [6.07, 6.45) is 28.9. The van der Waals surface area contributed by atoms with Crippen LogP contribution in [0.25, 0.3) is 0 Å². The molecule has 0 aliphatic carbocycles. The van der Waals surface area contributed by atoms with Gasteiger partial charge in [0.15, 0.2) is 16.6 Å². The Labute approximate surface area is 305 Å². The van der Waals surface area contributed by atoms with Crippen molar-refractivity contribution >= 4 is 28.6 Å². The van der Waals surface area contributed by atoms with Crippen LogP contribution in [0.2, 0.25) is 36.3 Å². The van der Waals surface area contributed by atoms with E-state index < -0.39 is 16.6 Å². The highest BCUT2D eigenvalue weighted by Crippen LogP contribution is 2.40. The van der Waals surface area contributed by atoms with Crippen LogP contribution < -0.4 is 0 Å². The van der Waals surface area contributed by atoms with Crippen LogP contribution in [0.1, 0.15) is 197 Å². The normalized spacial score (nSPS) is 14.7. The van der Waals surface area contributed by atoms with Crippen molar-refractivity contribution in [2.75, 3.05) is 18.8 Å². The molecular formula is C41H89NO2SSi2. The Morgan fingerprint density at radius 1 is 0.468 bits per heavy atom. The molecule has 0 aliphatic rings. The second-order valence-corrected chi connectivity index (χ2v) is 28.6. The summed E-state index contributed by atoms with van der Waals surface area (Å²) < 4.78 is 17.2. The van der Waals surface area contributed by atoms with E-state index in [1.54, 1.807) is 0 Å².